The van der Waals surface area contributed by atoms with Crippen molar-refractivity contribution in [2.45, 2.75) is 13.5 Å². The van der Waals surface area contributed by atoms with Crippen molar-refractivity contribution < 1.29 is 34.0 Å². The molecule has 0 aliphatic heterocycles. The van der Waals surface area contributed by atoms with Crippen molar-refractivity contribution in [2.24, 2.45) is 0 Å². The van der Waals surface area contributed by atoms with Crippen LogP contribution in [0.4, 0.5) is 0 Å². The Hall–Kier alpha value is -0.690. The lowest BCUT2D eigenvalue weighted by atomic mass is 10.2. The smallest absolute Gasteiger partial charge is 0.0681 e. The van der Waals surface area contributed by atoms with Crippen molar-refractivity contribution in [1.29, 1.82) is 0 Å². The van der Waals surface area contributed by atoms with Gasteiger partial charge in [-0.2, -0.15) is 0 Å². The van der Waals surface area contributed by atoms with E-state index >= 15 is 0 Å². The van der Waals surface area contributed by atoms with Crippen LogP contribution in [0.2, 0.25) is 0 Å². The van der Waals surface area contributed by atoms with E-state index < -0.39 is 10.2 Å². The largest absolute Gasteiger partial charge is 0.392 e. The van der Waals surface area contributed by atoms with Gasteiger partial charge < -0.3 is 5.11 Å². The lowest BCUT2D eigenvalue weighted by Crippen LogP contribution is -2.68. The summed E-state index contributed by atoms with van der Waals surface area (Å²) in [6.45, 7) is 2.17. The molecule has 0 radical (unpaired) electrons. The third-order valence-corrected chi connectivity index (χ3v) is 1.30. The zero-order valence-corrected chi connectivity index (χ0v) is 8.23. The van der Waals surface area contributed by atoms with Gasteiger partial charge in [0.25, 0.3) is 0 Å². The van der Waals surface area contributed by atoms with Crippen LogP contribution in [0.15, 0.2) is 24.3 Å². The highest BCUT2D eigenvalue weighted by Gasteiger charge is 1.85. The highest BCUT2D eigenvalue weighted by Crippen LogP contribution is 2.01. The predicted molar refractivity (Wildman–Crippen MR) is 37.1 cm³/mol. The molecule has 5 nitrogen and oxygen atoms in total. The first-order valence-corrected chi connectivity index (χ1v) is 4.84. The molecule has 1 aromatic rings. The molecule has 0 spiro atoms. The van der Waals surface area contributed by atoms with E-state index in [0.29, 0.717) is 0 Å². The molecular weight excluding hydrogens is 212 g/mol. The minimum Gasteiger partial charge on any atom is -0.392 e. The van der Waals surface area contributed by atoms with E-state index in [9.17, 15) is 0 Å². The number of benzene rings is 1. The molecule has 14 heavy (non-hydrogen) atoms. The van der Waals surface area contributed by atoms with Crippen LogP contribution in [-0.4, -0.2) is 5.11 Å². The summed E-state index contributed by atoms with van der Waals surface area (Å²) < 4.78 is 34.0. The average Bonchev–Trinajstić information content (AvgIpc) is 2.03. The normalized spacial score (nSPS) is 10.4. The molecule has 0 saturated heterocycles. The van der Waals surface area contributed by atoms with Crippen molar-refractivity contribution in [3.05, 3.63) is 35.4 Å². The Labute approximate surface area is 83.6 Å². The van der Waals surface area contributed by atoms with Gasteiger partial charge in [0, 0.05) is 0 Å². The minimum absolute atomic E-state index is 0.139. The molecule has 6 heteroatoms. The monoisotopic (exact) mass is 221 g/mol. The molecule has 0 aliphatic rings. The summed E-state index contributed by atoms with van der Waals surface area (Å²) in [6.07, 6.45) is 0. The molecular formula is C8H10ClO5-. The third kappa shape index (κ3) is 9.40. The van der Waals surface area contributed by atoms with Gasteiger partial charge in [-0.15, -0.1) is 10.2 Å². The SMILES string of the molecule is Cc1ccc(CO)cc1.[O-][Cl+3]([O-])([O-])[O-]. The number of hydrogen-bond acceptors (Lipinski definition) is 5. The van der Waals surface area contributed by atoms with Crippen molar-refractivity contribution in [1.82, 2.24) is 0 Å². The maximum Gasteiger partial charge on any atom is 0.0681 e. The van der Waals surface area contributed by atoms with Gasteiger partial charge in [0.1, 0.15) is 0 Å². The molecule has 0 heterocycles. The van der Waals surface area contributed by atoms with E-state index in [2.05, 4.69) is 0 Å². The molecule has 0 aromatic heterocycles. The summed E-state index contributed by atoms with van der Waals surface area (Å²) in [4.78, 5) is 0. The van der Waals surface area contributed by atoms with Crippen LogP contribution in [-0.2, 0) is 6.61 Å². The van der Waals surface area contributed by atoms with Crippen LogP contribution in [0.3, 0.4) is 0 Å². The predicted octanol–water partition coefficient (Wildman–Crippen LogP) is -3.27. The van der Waals surface area contributed by atoms with Crippen molar-refractivity contribution in [2.75, 3.05) is 0 Å². The Morgan fingerprint density at radius 1 is 1.07 bits per heavy atom. The summed E-state index contributed by atoms with van der Waals surface area (Å²) in [5.41, 5.74) is 2.20. The Balaban J connectivity index is 0.000000292. The fraction of sp³-hybridized carbons (Fsp3) is 0.250. The number of halogens is 1. The number of aliphatic hydroxyl groups is 1. The molecule has 0 bridgehead atoms. The van der Waals surface area contributed by atoms with Gasteiger partial charge in [0.05, 0.1) is 6.61 Å². The molecule has 1 rings (SSSR count). The summed E-state index contributed by atoms with van der Waals surface area (Å²) in [5, 5.41) is 8.63. The van der Waals surface area contributed by atoms with Gasteiger partial charge >= 0.3 is 0 Å². The fourth-order valence-corrected chi connectivity index (χ4v) is 0.693. The van der Waals surface area contributed by atoms with Gasteiger partial charge in [-0.25, -0.2) is 18.6 Å². The second kappa shape index (κ2) is 5.92. The maximum absolute atomic E-state index is 8.63. The summed E-state index contributed by atoms with van der Waals surface area (Å²) in [6, 6.07) is 7.84. The first-order chi connectivity index (χ1) is 6.33. The Bertz CT molecular complexity index is 247. The lowest BCUT2D eigenvalue weighted by Gasteiger charge is -2.17. The summed E-state index contributed by atoms with van der Waals surface area (Å²) in [7, 11) is -4.94. The first kappa shape index (κ1) is 13.3. The minimum atomic E-state index is -4.94. The standard InChI is InChI=1S/C8H10O.ClHO4/c1-7-2-4-8(6-9)5-3-7;2-1(3,4)5/h2-5,9H,6H2,1H3;(H,2,3,4,5)/p-1. The molecule has 1 N–H and O–H groups in total. The molecule has 0 aliphatic carbocycles. The van der Waals surface area contributed by atoms with E-state index in [1.165, 1.54) is 5.56 Å². The van der Waals surface area contributed by atoms with Gasteiger partial charge in [0.2, 0.25) is 0 Å². The summed E-state index contributed by atoms with van der Waals surface area (Å²) >= 11 is 0. The van der Waals surface area contributed by atoms with Crippen molar-refractivity contribution >= 4 is 0 Å². The van der Waals surface area contributed by atoms with E-state index in [0.717, 1.165) is 5.56 Å². The van der Waals surface area contributed by atoms with E-state index in [1.807, 2.05) is 31.2 Å². The van der Waals surface area contributed by atoms with Crippen LogP contribution in [0, 0.1) is 17.2 Å². The molecule has 0 fully saturated rings. The lowest BCUT2D eigenvalue weighted by molar-refractivity contribution is -2.00. The number of rotatable bonds is 1. The highest BCUT2D eigenvalue weighted by atomic mass is 35.7. The molecule has 0 amide bonds. The molecule has 0 saturated carbocycles. The van der Waals surface area contributed by atoms with Crippen molar-refractivity contribution in [3.8, 4) is 0 Å². The molecule has 0 unspecified atom stereocenters. The quantitative estimate of drug-likeness (QED) is 0.535. The van der Waals surface area contributed by atoms with Gasteiger partial charge in [-0.05, 0) is 12.5 Å². The van der Waals surface area contributed by atoms with Crippen LogP contribution >= 0.6 is 0 Å². The van der Waals surface area contributed by atoms with Gasteiger partial charge in [0.15, 0.2) is 0 Å². The number of aliphatic hydroxyl groups excluding tert-OH is 1. The molecule has 1 aromatic carbocycles. The second-order valence-corrected chi connectivity index (χ2v) is 3.28. The molecule has 80 valence electrons. The topological polar surface area (TPSA) is 112 Å². The zero-order chi connectivity index (χ0) is 11.2. The van der Waals surface area contributed by atoms with Gasteiger partial charge in [-0.1, -0.05) is 29.8 Å². The Morgan fingerprint density at radius 2 is 1.43 bits per heavy atom. The number of hydrogen-bond donors (Lipinski definition) is 1. The average molecular weight is 222 g/mol. The number of aryl methyl sites for hydroxylation is 1. The van der Waals surface area contributed by atoms with E-state index in [-0.39, 0.29) is 6.61 Å². The van der Waals surface area contributed by atoms with Crippen LogP contribution in [0.5, 0.6) is 0 Å². The van der Waals surface area contributed by atoms with E-state index in [4.69, 9.17) is 23.7 Å². The molecule has 0 atom stereocenters. The van der Waals surface area contributed by atoms with Crippen molar-refractivity contribution in [3.63, 3.8) is 0 Å². The van der Waals surface area contributed by atoms with Crippen LogP contribution in [0.25, 0.3) is 0 Å². The first-order valence-electron chi connectivity index (χ1n) is 3.61. The third-order valence-electron chi connectivity index (χ3n) is 1.30. The van der Waals surface area contributed by atoms with E-state index in [1.54, 1.807) is 0 Å². The Kier molecular flexibility index (Phi) is 5.63. The Morgan fingerprint density at radius 3 is 1.71 bits per heavy atom. The summed E-state index contributed by atoms with van der Waals surface area (Å²) in [5.74, 6) is 0. The maximum atomic E-state index is 8.63. The van der Waals surface area contributed by atoms with Crippen LogP contribution in [0.1, 0.15) is 11.1 Å². The van der Waals surface area contributed by atoms with Crippen LogP contribution < -0.4 is 18.6 Å². The fourth-order valence-electron chi connectivity index (χ4n) is 0.693. The van der Waals surface area contributed by atoms with Gasteiger partial charge in [-0.3, -0.25) is 0 Å². The second-order valence-electron chi connectivity index (χ2n) is 2.52. The highest BCUT2D eigenvalue weighted by molar-refractivity contribution is 5.20. The zero-order valence-electron chi connectivity index (χ0n) is 7.47.